The largest absolute Gasteiger partial charge is 0.399 e. The molecule has 3 aliphatic heterocycles. The molecule has 2 aromatic heterocycles. The zero-order chi connectivity index (χ0) is 32.4. The molecule has 1 saturated carbocycles. The lowest BCUT2D eigenvalue weighted by molar-refractivity contribution is -0.127. The predicted molar refractivity (Wildman–Crippen MR) is 167 cm³/mol. The van der Waals surface area contributed by atoms with Gasteiger partial charge < -0.3 is 25.3 Å². The molecule has 7 rings (SSSR count). The molecule has 246 valence electrons. The molecule has 4 aliphatic rings. The second-order valence-electron chi connectivity index (χ2n) is 13.0. The first kappa shape index (κ1) is 31.6. The standard InChI is InChI=1S/C31H35F3N5O5PS/c32-24-15-38(23-2-1-7-35-13-23)16-25(24)37-29(40)26-5-4-22-11-18-8-17(18)10-21(14-39(22)26)36-30(41)28-12-19-9-20(3-6-27(19)46-28)31(33,34)45(42,43)44/h1-3,6-7,9,12-13,17-18,21-22,24-26H,4-5,8,10-11,14-16H2,(H,36,41)(H,37,40)(H2,42,43,44)/t17-,18+,21+,22-,24+,25+,26+/m1/s1. The molecule has 3 saturated heterocycles. The van der Waals surface area contributed by atoms with Crippen LogP contribution in [0.15, 0.2) is 48.8 Å². The third-order valence-corrected chi connectivity index (χ3v) is 12.1. The number of hydrogen-bond donors (Lipinski definition) is 4. The highest BCUT2D eigenvalue weighted by Crippen LogP contribution is 2.59. The minimum Gasteiger partial charge on any atom is -0.365 e. The third kappa shape index (κ3) is 6.06. The van der Waals surface area contributed by atoms with Crippen molar-refractivity contribution in [2.75, 3.05) is 24.5 Å². The number of carbonyl (C=O) groups excluding carboxylic acids is 2. The fraction of sp³-hybridized carbons (Fsp3) is 0.516. The van der Waals surface area contributed by atoms with Gasteiger partial charge in [-0.05, 0) is 79.7 Å². The van der Waals surface area contributed by atoms with Crippen molar-refractivity contribution in [3.05, 3.63) is 59.2 Å². The van der Waals surface area contributed by atoms with E-state index in [0.717, 1.165) is 54.8 Å². The SMILES string of the molecule is O=C(N[C@H]1C[C@H]2C[C@H]2C[C@H]2CC[C@@H](C(=O)N[C@H]3CN(c4cccnc4)C[C@@H]3F)N2C1)c1cc2cc(C(F)(F)P(=O)(O)O)ccc2s1. The van der Waals surface area contributed by atoms with Crippen molar-refractivity contribution in [1.82, 2.24) is 20.5 Å². The number of pyridine rings is 1. The van der Waals surface area contributed by atoms with Crippen LogP contribution in [0.3, 0.4) is 0 Å². The summed E-state index contributed by atoms with van der Waals surface area (Å²) >= 11 is 1.11. The lowest BCUT2D eigenvalue weighted by Crippen LogP contribution is -2.55. The van der Waals surface area contributed by atoms with Crippen molar-refractivity contribution in [3.8, 4) is 0 Å². The number of nitrogens with one attached hydrogen (secondary N) is 2. The normalized spacial score (nSPS) is 29.9. The molecular formula is C31H35F3N5O5PS. The van der Waals surface area contributed by atoms with Crippen molar-refractivity contribution < 1.29 is 37.1 Å². The Bertz CT molecular complexity index is 1690. The van der Waals surface area contributed by atoms with Gasteiger partial charge in [0.2, 0.25) is 5.91 Å². The van der Waals surface area contributed by atoms with Gasteiger partial charge in [-0.2, -0.15) is 8.78 Å². The summed E-state index contributed by atoms with van der Waals surface area (Å²) < 4.78 is 55.5. The van der Waals surface area contributed by atoms with E-state index in [1.165, 1.54) is 12.1 Å². The van der Waals surface area contributed by atoms with E-state index < -0.39 is 37.1 Å². The van der Waals surface area contributed by atoms with E-state index >= 15 is 4.39 Å². The van der Waals surface area contributed by atoms with Crippen molar-refractivity contribution >= 4 is 46.5 Å². The summed E-state index contributed by atoms with van der Waals surface area (Å²) in [6.07, 6.45) is 6.46. The number of halogens is 3. The minimum atomic E-state index is -5.73. The first-order chi connectivity index (χ1) is 21.9. The van der Waals surface area contributed by atoms with E-state index in [1.54, 1.807) is 18.5 Å². The molecule has 10 nitrogen and oxygen atoms in total. The van der Waals surface area contributed by atoms with Crippen LogP contribution in [-0.2, 0) is 15.0 Å². The summed E-state index contributed by atoms with van der Waals surface area (Å²) in [6.45, 7) is 0.994. The molecule has 4 N–H and O–H groups in total. The molecule has 3 aromatic rings. The van der Waals surface area contributed by atoms with Crippen molar-refractivity contribution in [2.45, 2.75) is 68.1 Å². The van der Waals surface area contributed by atoms with E-state index in [0.29, 0.717) is 40.9 Å². The van der Waals surface area contributed by atoms with Crippen molar-refractivity contribution in [3.63, 3.8) is 0 Å². The highest BCUT2D eigenvalue weighted by molar-refractivity contribution is 7.52. The monoisotopic (exact) mass is 677 g/mol. The summed E-state index contributed by atoms with van der Waals surface area (Å²) in [5.74, 6) is 0.453. The number of carbonyl (C=O) groups is 2. The van der Waals surface area contributed by atoms with Gasteiger partial charge in [0.1, 0.15) is 6.17 Å². The second-order valence-corrected chi connectivity index (χ2v) is 15.8. The van der Waals surface area contributed by atoms with Gasteiger partial charge in [-0.3, -0.25) is 24.0 Å². The maximum atomic E-state index is 15.0. The molecule has 0 bridgehead atoms. The quantitative estimate of drug-likeness (QED) is 0.273. The van der Waals surface area contributed by atoms with Crippen LogP contribution in [0.4, 0.5) is 18.9 Å². The predicted octanol–water partition coefficient (Wildman–Crippen LogP) is 4.23. The van der Waals surface area contributed by atoms with Gasteiger partial charge in [-0.1, -0.05) is 6.07 Å². The van der Waals surface area contributed by atoms with Crippen LogP contribution in [0.1, 0.15) is 47.3 Å². The number of hydrogen-bond acceptors (Lipinski definition) is 7. The molecule has 46 heavy (non-hydrogen) atoms. The Morgan fingerprint density at radius 2 is 1.83 bits per heavy atom. The van der Waals surface area contributed by atoms with Gasteiger partial charge in [0, 0.05) is 41.6 Å². The summed E-state index contributed by atoms with van der Waals surface area (Å²) in [7, 11) is -5.73. The summed E-state index contributed by atoms with van der Waals surface area (Å²) in [4.78, 5) is 53.7. The van der Waals surface area contributed by atoms with Crippen molar-refractivity contribution in [2.24, 2.45) is 11.8 Å². The Morgan fingerprint density at radius 3 is 2.59 bits per heavy atom. The zero-order valence-corrected chi connectivity index (χ0v) is 26.5. The molecular weight excluding hydrogens is 642 g/mol. The van der Waals surface area contributed by atoms with E-state index in [4.69, 9.17) is 9.79 Å². The maximum absolute atomic E-state index is 15.0. The molecule has 2 amide bonds. The molecule has 1 aliphatic carbocycles. The molecule has 0 spiro atoms. The lowest BCUT2D eigenvalue weighted by Gasteiger charge is -2.35. The average molecular weight is 678 g/mol. The molecule has 5 heterocycles. The Kier molecular flexibility index (Phi) is 8.16. The number of nitrogens with zero attached hydrogens (tertiary/aromatic N) is 3. The first-order valence-corrected chi connectivity index (χ1v) is 17.9. The molecule has 1 aromatic carbocycles. The number of anilines is 1. The van der Waals surface area contributed by atoms with Gasteiger partial charge >= 0.3 is 13.3 Å². The Balaban J connectivity index is 1.04. The molecule has 0 radical (unpaired) electrons. The summed E-state index contributed by atoms with van der Waals surface area (Å²) in [5.41, 5.74) is -4.35. The molecule has 15 heteroatoms. The topological polar surface area (TPSA) is 135 Å². The van der Waals surface area contributed by atoms with Crippen LogP contribution in [0.2, 0.25) is 0 Å². The summed E-state index contributed by atoms with van der Waals surface area (Å²) in [5, 5.41) is 6.38. The number of thiophene rings is 1. The number of benzene rings is 1. The highest BCUT2D eigenvalue weighted by atomic mass is 32.1. The number of alkyl halides is 3. The van der Waals surface area contributed by atoms with Gasteiger partial charge in [0.05, 0.1) is 35.4 Å². The summed E-state index contributed by atoms with van der Waals surface area (Å²) in [6, 6.07) is 7.30. The van der Waals surface area contributed by atoms with Crippen LogP contribution in [0.5, 0.6) is 0 Å². The van der Waals surface area contributed by atoms with E-state index in [-0.39, 0.29) is 35.8 Å². The van der Waals surface area contributed by atoms with E-state index in [1.807, 2.05) is 11.0 Å². The fourth-order valence-corrected chi connectivity index (χ4v) is 8.90. The Morgan fingerprint density at radius 1 is 1.02 bits per heavy atom. The number of rotatable bonds is 7. The van der Waals surface area contributed by atoms with Gasteiger partial charge in [0.15, 0.2) is 0 Å². The maximum Gasteiger partial charge on any atom is 0.399 e. The van der Waals surface area contributed by atoms with Crippen LogP contribution in [-0.4, -0.2) is 81.5 Å². The van der Waals surface area contributed by atoms with Gasteiger partial charge in [0.25, 0.3) is 5.91 Å². The highest BCUT2D eigenvalue weighted by Gasteiger charge is 2.51. The zero-order valence-electron chi connectivity index (χ0n) is 24.8. The first-order valence-electron chi connectivity index (χ1n) is 15.5. The number of fused-ring (bicyclic) bond motifs is 3. The fourth-order valence-electron chi connectivity index (χ4n) is 7.48. The van der Waals surface area contributed by atoms with Crippen LogP contribution in [0.25, 0.3) is 10.1 Å². The average Bonchev–Trinajstić information content (AvgIpc) is 3.30. The lowest BCUT2D eigenvalue weighted by atomic mass is 9.99. The minimum absolute atomic E-state index is 0.177. The van der Waals surface area contributed by atoms with Crippen LogP contribution < -0.4 is 15.5 Å². The number of amides is 2. The third-order valence-electron chi connectivity index (χ3n) is 9.98. The smallest absolute Gasteiger partial charge is 0.365 e. The molecule has 4 fully saturated rings. The number of aromatic nitrogens is 1. The van der Waals surface area contributed by atoms with Crippen LogP contribution >= 0.6 is 18.9 Å². The second kappa shape index (κ2) is 11.9. The van der Waals surface area contributed by atoms with Gasteiger partial charge in [-0.25, -0.2) is 4.39 Å². The molecule has 0 unspecified atom stereocenters. The van der Waals surface area contributed by atoms with E-state index in [2.05, 4.69) is 20.5 Å². The Hall–Kier alpha value is -3.03. The van der Waals surface area contributed by atoms with Crippen LogP contribution in [0, 0.1) is 11.8 Å². The van der Waals surface area contributed by atoms with Gasteiger partial charge in [-0.15, -0.1) is 11.3 Å². The Labute approximate surface area is 267 Å². The van der Waals surface area contributed by atoms with Crippen molar-refractivity contribution in [1.29, 1.82) is 0 Å². The molecule has 7 atom stereocenters. The van der Waals surface area contributed by atoms with E-state index in [9.17, 15) is 22.9 Å².